The largest absolute Gasteiger partial charge is 0.497 e. The molecule has 1 aliphatic rings. The number of rotatable bonds is 6. The first-order valence-electron chi connectivity index (χ1n) is 9.45. The number of hydrogen-bond donors (Lipinski definition) is 0. The molecule has 2 aromatic carbocycles. The van der Waals surface area contributed by atoms with Crippen molar-refractivity contribution in [2.45, 2.75) is 25.2 Å². The van der Waals surface area contributed by atoms with E-state index in [0.29, 0.717) is 31.2 Å². The zero-order chi connectivity index (χ0) is 19.5. The summed E-state index contributed by atoms with van der Waals surface area (Å²) in [5.74, 6) is 2.11. The molecule has 6 heteroatoms. The van der Waals surface area contributed by atoms with E-state index in [2.05, 4.69) is 29.2 Å². The first-order valence-corrected chi connectivity index (χ1v) is 9.45. The van der Waals surface area contributed by atoms with Gasteiger partial charge in [0.05, 0.1) is 13.0 Å². The van der Waals surface area contributed by atoms with E-state index in [0.717, 1.165) is 11.3 Å². The lowest BCUT2D eigenvalue weighted by atomic mass is 10.0. The van der Waals surface area contributed by atoms with Crippen molar-refractivity contribution in [2.75, 3.05) is 20.2 Å². The summed E-state index contributed by atoms with van der Waals surface area (Å²) in [5.41, 5.74) is 2.06. The quantitative estimate of drug-likeness (QED) is 0.652. The third-order valence-electron chi connectivity index (χ3n) is 5.20. The molecule has 2 unspecified atom stereocenters. The molecule has 1 amide bonds. The van der Waals surface area contributed by atoms with Crippen molar-refractivity contribution in [3.63, 3.8) is 0 Å². The van der Waals surface area contributed by atoms with Crippen LogP contribution in [0.4, 0.5) is 0 Å². The highest BCUT2D eigenvalue weighted by atomic mass is 16.5. The molecular formula is C22H23N3O3. The molecule has 1 aliphatic heterocycles. The van der Waals surface area contributed by atoms with Crippen molar-refractivity contribution in [1.82, 2.24) is 15.0 Å². The van der Waals surface area contributed by atoms with Crippen LogP contribution < -0.4 is 4.74 Å². The first kappa shape index (κ1) is 18.2. The van der Waals surface area contributed by atoms with Gasteiger partial charge in [-0.15, -0.1) is 0 Å². The fourth-order valence-electron chi connectivity index (χ4n) is 3.61. The van der Waals surface area contributed by atoms with E-state index in [1.807, 2.05) is 47.4 Å². The molecule has 1 aromatic heterocycles. The van der Waals surface area contributed by atoms with Gasteiger partial charge in [-0.05, 0) is 23.6 Å². The molecule has 4 rings (SSSR count). The SMILES string of the molecule is COc1cccc(-c2noc(C3CC(=O)N(CC(C)c4ccccc4)C3)n2)c1. The lowest BCUT2D eigenvalue weighted by Crippen LogP contribution is -2.29. The fourth-order valence-corrected chi connectivity index (χ4v) is 3.61. The smallest absolute Gasteiger partial charge is 0.232 e. The number of likely N-dealkylation sites (tertiary alicyclic amines) is 1. The van der Waals surface area contributed by atoms with Gasteiger partial charge in [-0.3, -0.25) is 4.79 Å². The molecule has 144 valence electrons. The van der Waals surface area contributed by atoms with E-state index in [-0.39, 0.29) is 17.7 Å². The number of carbonyl (C=O) groups is 1. The second-order valence-corrected chi connectivity index (χ2v) is 7.20. The minimum absolute atomic E-state index is 0.0673. The zero-order valence-electron chi connectivity index (χ0n) is 16.0. The van der Waals surface area contributed by atoms with E-state index >= 15 is 0 Å². The Labute approximate surface area is 164 Å². The summed E-state index contributed by atoms with van der Waals surface area (Å²) < 4.78 is 10.7. The third-order valence-corrected chi connectivity index (χ3v) is 5.20. The Morgan fingerprint density at radius 1 is 1.21 bits per heavy atom. The fraction of sp³-hybridized carbons (Fsp3) is 0.318. The van der Waals surface area contributed by atoms with Gasteiger partial charge in [0.2, 0.25) is 17.6 Å². The molecule has 0 radical (unpaired) electrons. The standard InChI is InChI=1S/C22H23N3O3/c1-15(16-7-4-3-5-8-16)13-25-14-18(12-20(25)26)22-23-21(24-28-22)17-9-6-10-19(11-17)27-2/h3-11,15,18H,12-14H2,1-2H3. The Balaban J connectivity index is 1.45. The number of carbonyl (C=O) groups excluding carboxylic acids is 1. The lowest BCUT2D eigenvalue weighted by molar-refractivity contribution is -0.127. The number of amides is 1. The Hall–Kier alpha value is -3.15. The van der Waals surface area contributed by atoms with E-state index in [4.69, 9.17) is 9.26 Å². The van der Waals surface area contributed by atoms with Gasteiger partial charge in [0.1, 0.15) is 5.75 Å². The highest BCUT2D eigenvalue weighted by Crippen LogP contribution is 2.31. The van der Waals surface area contributed by atoms with Gasteiger partial charge < -0.3 is 14.2 Å². The highest BCUT2D eigenvalue weighted by molar-refractivity contribution is 5.79. The van der Waals surface area contributed by atoms with Gasteiger partial charge in [0.15, 0.2) is 0 Å². The summed E-state index contributed by atoms with van der Waals surface area (Å²) in [5, 5.41) is 4.09. The maximum absolute atomic E-state index is 12.5. The van der Waals surface area contributed by atoms with Crippen LogP contribution in [0.1, 0.15) is 36.6 Å². The van der Waals surface area contributed by atoms with Crippen LogP contribution in [-0.2, 0) is 4.79 Å². The summed E-state index contributed by atoms with van der Waals surface area (Å²) in [6, 6.07) is 17.8. The number of nitrogens with zero attached hydrogens (tertiary/aromatic N) is 3. The van der Waals surface area contributed by atoms with Gasteiger partial charge in [-0.1, -0.05) is 54.5 Å². The monoisotopic (exact) mass is 377 g/mol. The molecule has 1 saturated heterocycles. The molecule has 3 aromatic rings. The topological polar surface area (TPSA) is 68.5 Å². The van der Waals surface area contributed by atoms with Crippen LogP contribution in [0, 0.1) is 0 Å². The second kappa shape index (κ2) is 7.84. The minimum atomic E-state index is -0.0673. The van der Waals surface area contributed by atoms with Crippen molar-refractivity contribution in [2.24, 2.45) is 0 Å². The van der Waals surface area contributed by atoms with Crippen molar-refractivity contribution in [3.05, 3.63) is 66.1 Å². The maximum atomic E-state index is 12.5. The normalized spacial score (nSPS) is 17.7. The summed E-state index contributed by atoms with van der Waals surface area (Å²) >= 11 is 0. The molecule has 6 nitrogen and oxygen atoms in total. The summed E-state index contributed by atoms with van der Waals surface area (Å²) in [4.78, 5) is 18.9. The summed E-state index contributed by atoms with van der Waals surface area (Å²) in [6.07, 6.45) is 0.404. The lowest BCUT2D eigenvalue weighted by Gasteiger charge is -2.21. The predicted molar refractivity (Wildman–Crippen MR) is 105 cm³/mol. The highest BCUT2D eigenvalue weighted by Gasteiger charge is 2.35. The maximum Gasteiger partial charge on any atom is 0.232 e. The molecule has 28 heavy (non-hydrogen) atoms. The van der Waals surface area contributed by atoms with Crippen LogP contribution in [0.25, 0.3) is 11.4 Å². The van der Waals surface area contributed by atoms with Crippen molar-refractivity contribution in [3.8, 4) is 17.1 Å². The molecule has 2 heterocycles. The molecule has 0 bridgehead atoms. The van der Waals surface area contributed by atoms with Crippen LogP contribution in [0.15, 0.2) is 59.1 Å². The molecule has 0 N–H and O–H groups in total. The van der Waals surface area contributed by atoms with Gasteiger partial charge in [0.25, 0.3) is 0 Å². The Bertz CT molecular complexity index is 954. The molecule has 1 fully saturated rings. The van der Waals surface area contributed by atoms with E-state index < -0.39 is 0 Å². The zero-order valence-corrected chi connectivity index (χ0v) is 16.0. The average molecular weight is 377 g/mol. The summed E-state index contributed by atoms with van der Waals surface area (Å²) in [7, 11) is 1.62. The number of aromatic nitrogens is 2. The summed E-state index contributed by atoms with van der Waals surface area (Å²) in [6.45, 7) is 3.44. The molecule has 0 saturated carbocycles. The number of methoxy groups -OCH3 is 1. The van der Waals surface area contributed by atoms with Crippen molar-refractivity contribution < 1.29 is 14.1 Å². The van der Waals surface area contributed by atoms with Crippen LogP contribution in [0.3, 0.4) is 0 Å². The van der Waals surface area contributed by atoms with Gasteiger partial charge in [0, 0.05) is 25.1 Å². The molecule has 0 aliphatic carbocycles. The average Bonchev–Trinajstić information content (AvgIpc) is 3.36. The van der Waals surface area contributed by atoms with E-state index in [1.165, 1.54) is 5.56 Å². The predicted octanol–water partition coefficient (Wildman–Crippen LogP) is 3.86. The molecular weight excluding hydrogens is 354 g/mol. The van der Waals surface area contributed by atoms with Gasteiger partial charge in [-0.25, -0.2) is 0 Å². The minimum Gasteiger partial charge on any atom is -0.497 e. The number of ether oxygens (including phenoxy) is 1. The second-order valence-electron chi connectivity index (χ2n) is 7.20. The number of benzene rings is 2. The molecule has 2 atom stereocenters. The third kappa shape index (κ3) is 3.76. The van der Waals surface area contributed by atoms with Crippen molar-refractivity contribution in [1.29, 1.82) is 0 Å². The Morgan fingerprint density at radius 2 is 2.04 bits per heavy atom. The van der Waals surface area contributed by atoms with Crippen LogP contribution in [-0.4, -0.2) is 41.1 Å². The first-order chi connectivity index (χ1) is 13.6. The number of hydrogen-bond acceptors (Lipinski definition) is 5. The Morgan fingerprint density at radius 3 is 2.82 bits per heavy atom. The van der Waals surface area contributed by atoms with Crippen LogP contribution >= 0.6 is 0 Å². The van der Waals surface area contributed by atoms with Gasteiger partial charge in [-0.2, -0.15) is 4.98 Å². The van der Waals surface area contributed by atoms with Crippen LogP contribution in [0.5, 0.6) is 5.75 Å². The van der Waals surface area contributed by atoms with E-state index in [1.54, 1.807) is 7.11 Å². The van der Waals surface area contributed by atoms with Crippen LogP contribution in [0.2, 0.25) is 0 Å². The Kier molecular flexibility index (Phi) is 5.10. The molecule has 0 spiro atoms. The van der Waals surface area contributed by atoms with Crippen molar-refractivity contribution >= 4 is 5.91 Å². The van der Waals surface area contributed by atoms with Gasteiger partial charge >= 0.3 is 0 Å². The van der Waals surface area contributed by atoms with E-state index in [9.17, 15) is 4.79 Å².